The van der Waals surface area contributed by atoms with Gasteiger partial charge in [-0.1, -0.05) is 23.9 Å². The number of ether oxygens (including phenoxy) is 2. The number of carbonyl (C=O) groups is 1. The van der Waals surface area contributed by atoms with Gasteiger partial charge in [-0.25, -0.2) is 0 Å². The minimum Gasteiger partial charge on any atom is -0.490 e. The van der Waals surface area contributed by atoms with E-state index in [2.05, 4.69) is 38.3 Å². The van der Waals surface area contributed by atoms with Gasteiger partial charge in [0.25, 0.3) is 0 Å². The number of benzene rings is 1. The zero-order chi connectivity index (χ0) is 22.2. The van der Waals surface area contributed by atoms with Crippen molar-refractivity contribution in [2.45, 2.75) is 49.3 Å². The molecule has 1 saturated carbocycles. The van der Waals surface area contributed by atoms with Crippen LogP contribution in [-0.2, 0) is 4.79 Å². The van der Waals surface area contributed by atoms with Crippen LogP contribution in [-0.4, -0.2) is 51.1 Å². The van der Waals surface area contributed by atoms with Crippen LogP contribution in [0, 0.1) is 0 Å². The highest BCUT2D eigenvalue weighted by Gasteiger charge is 2.33. The summed E-state index contributed by atoms with van der Waals surface area (Å²) in [5.41, 5.74) is 1.12. The fourth-order valence-corrected chi connectivity index (χ4v) is 6.22. The monoisotopic (exact) mass is 482 g/mol. The number of thiophene rings is 1. The summed E-state index contributed by atoms with van der Waals surface area (Å²) in [7, 11) is 0. The zero-order valence-electron chi connectivity index (χ0n) is 18.3. The van der Waals surface area contributed by atoms with E-state index in [0.29, 0.717) is 25.0 Å². The average molecular weight is 483 g/mol. The van der Waals surface area contributed by atoms with Gasteiger partial charge in [0, 0.05) is 19.0 Å². The Morgan fingerprint density at radius 2 is 1.97 bits per heavy atom. The molecular weight excluding hydrogens is 456 g/mol. The van der Waals surface area contributed by atoms with Gasteiger partial charge in [0.1, 0.15) is 0 Å². The lowest BCUT2D eigenvalue weighted by molar-refractivity contribution is -0.129. The van der Waals surface area contributed by atoms with E-state index in [1.165, 1.54) is 11.8 Å². The number of fused-ring (bicyclic) bond motifs is 1. The van der Waals surface area contributed by atoms with E-state index in [0.717, 1.165) is 71.6 Å². The predicted octanol–water partition coefficient (Wildman–Crippen LogP) is 4.96. The van der Waals surface area contributed by atoms with Crippen LogP contribution in [0.4, 0.5) is 0 Å². The summed E-state index contributed by atoms with van der Waals surface area (Å²) >= 11 is 3.18. The smallest absolute Gasteiger partial charge is 0.233 e. The highest BCUT2D eigenvalue weighted by Crippen LogP contribution is 2.42. The van der Waals surface area contributed by atoms with Gasteiger partial charge >= 0.3 is 0 Å². The maximum absolute atomic E-state index is 13.3. The average Bonchev–Trinajstić information content (AvgIpc) is 3.21. The largest absolute Gasteiger partial charge is 0.490 e. The van der Waals surface area contributed by atoms with Crippen molar-refractivity contribution in [3.63, 3.8) is 0 Å². The second kappa shape index (κ2) is 9.02. The Kier molecular flexibility index (Phi) is 5.75. The molecule has 1 saturated heterocycles. The Bertz CT molecular complexity index is 1140. The molecule has 1 aliphatic carbocycles. The van der Waals surface area contributed by atoms with Crippen molar-refractivity contribution in [1.29, 1.82) is 0 Å². The molecule has 9 heteroatoms. The van der Waals surface area contributed by atoms with Crippen LogP contribution < -0.4 is 9.47 Å². The van der Waals surface area contributed by atoms with Crippen LogP contribution in [0.15, 0.2) is 40.9 Å². The molecule has 2 fully saturated rings. The second-order valence-corrected chi connectivity index (χ2v) is 10.6. The molecule has 0 radical (unpaired) electrons. The zero-order valence-corrected chi connectivity index (χ0v) is 19.9. The fraction of sp³-hybridized carbons (Fsp3) is 0.458. The summed E-state index contributed by atoms with van der Waals surface area (Å²) in [4.78, 5) is 16.4. The van der Waals surface area contributed by atoms with Crippen molar-refractivity contribution in [3.8, 4) is 22.2 Å². The fourth-order valence-electron chi connectivity index (χ4n) is 4.62. The normalized spacial score (nSPS) is 20.1. The summed E-state index contributed by atoms with van der Waals surface area (Å²) < 4.78 is 13.9. The SMILES string of the molecule is O=C(CSc1nnc(-c2cccs2)n1C1CC1)N1CCC[C@@H]1c1ccc2c(c1)OCCCO2. The molecule has 3 aliphatic rings. The Hall–Kier alpha value is -2.52. The molecule has 7 nitrogen and oxygen atoms in total. The van der Waals surface area contributed by atoms with Gasteiger partial charge in [-0.05, 0) is 54.8 Å². The Morgan fingerprint density at radius 3 is 2.79 bits per heavy atom. The highest BCUT2D eigenvalue weighted by atomic mass is 32.2. The summed E-state index contributed by atoms with van der Waals surface area (Å²) in [5.74, 6) is 3.03. The molecule has 0 unspecified atom stereocenters. The lowest BCUT2D eigenvalue weighted by atomic mass is 10.0. The number of amides is 1. The molecule has 33 heavy (non-hydrogen) atoms. The van der Waals surface area contributed by atoms with E-state index in [1.54, 1.807) is 11.3 Å². The van der Waals surface area contributed by atoms with E-state index in [-0.39, 0.29) is 11.9 Å². The Morgan fingerprint density at radius 1 is 1.09 bits per heavy atom. The van der Waals surface area contributed by atoms with Gasteiger partial charge in [-0.15, -0.1) is 21.5 Å². The predicted molar refractivity (Wildman–Crippen MR) is 128 cm³/mol. The Balaban J connectivity index is 1.17. The van der Waals surface area contributed by atoms with E-state index in [9.17, 15) is 4.79 Å². The third-order valence-corrected chi connectivity index (χ3v) is 8.17. The van der Waals surface area contributed by atoms with Crippen LogP contribution in [0.2, 0.25) is 0 Å². The van der Waals surface area contributed by atoms with Crippen LogP contribution >= 0.6 is 23.1 Å². The topological polar surface area (TPSA) is 69.5 Å². The summed E-state index contributed by atoms with van der Waals surface area (Å²) in [6, 6.07) is 10.8. The van der Waals surface area contributed by atoms with E-state index >= 15 is 0 Å². The number of nitrogens with zero attached hydrogens (tertiary/aromatic N) is 4. The molecule has 0 bridgehead atoms. The van der Waals surface area contributed by atoms with Crippen LogP contribution in [0.3, 0.4) is 0 Å². The molecule has 172 valence electrons. The van der Waals surface area contributed by atoms with Crippen LogP contribution in [0.5, 0.6) is 11.5 Å². The van der Waals surface area contributed by atoms with Gasteiger partial charge in [0.15, 0.2) is 22.5 Å². The van der Waals surface area contributed by atoms with Gasteiger partial charge in [-0.2, -0.15) is 0 Å². The summed E-state index contributed by atoms with van der Waals surface area (Å²) in [6.07, 6.45) is 5.16. The molecule has 0 spiro atoms. The third kappa shape index (κ3) is 4.24. The lowest BCUT2D eigenvalue weighted by Gasteiger charge is -2.25. The second-order valence-electron chi connectivity index (χ2n) is 8.68. The van der Waals surface area contributed by atoms with Gasteiger partial charge in [-0.3, -0.25) is 9.36 Å². The molecule has 1 amide bonds. The molecule has 0 N–H and O–H groups in total. The number of hydrogen-bond acceptors (Lipinski definition) is 7. The third-order valence-electron chi connectivity index (χ3n) is 6.37. The maximum atomic E-state index is 13.3. The van der Waals surface area contributed by atoms with Gasteiger partial charge in [0.05, 0.1) is 29.9 Å². The first-order valence-electron chi connectivity index (χ1n) is 11.6. The van der Waals surface area contributed by atoms with Crippen molar-refractivity contribution in [2.75, 3.05) is 25.5 Å². The molecular formula is C24H26N4O3S2. The van der Waals surface area contributed by atoms with Gasteiger partial charge < -0.3 is 14.4 Å². The van der Waals surface area contributed by atoms with Crippen molar-refractivity contribution >= 4 is 29.0 Å². The van der Waals surface area contributed by atoms with E-state index in [1.807, 2.05) is 17.0 Å². The minimum atomic E-state index is 0.0817. The number of thioether (sulfide) groups is 1. The standard InChI is InChI=1S/C24H26N4O3S2/c29-22(15-33-24-26-25-23(21-5-2-13-32-21)28(24)17-7-8-17)27-10-1-4-18(27)16-6-9-19-20(14-16)31-12-3-11-30-19/h2,5-6,9,13-14,17-18H,1,3-4,7-8,10-12,15H2/t18-/m1/s1. The van der Waals surface area contributed by atoms with Crippen molar-refractivity contribution in [2.24, 2.45) is 0 Å². The Labute approximate surface area is 201 Å². The first kappa shape index (κ1) is 21.0. The number of carbonyl (C=O) groups excluding carboxylic acids is 1. The molecule has 2 aromatic heterocycles. The first-order chi connectivity index (χ1) is 16.3. The van der Waals surface area contributed by atoms with Crippen molar-refractivity contribution in [3.05, 3.63) is 41.3 Å². The molecule has 2 aliphatic heterocycles. The number of likely N-dealkylation sites (tertiary alicyclic amines) is 1. The van der Waals surface area contributed by atoms with Crippen LogP contribution in [0.25, 0.3) is 10.7 Å². The molecule has 1 atom stereocenters. The number of hydrogen-bond donors (Lipinski definition) is 0. The quantitative estimate of drug-likeness (QED) is 0.463. The first-order valence-corrected chi connectivity index (χ1v) is 13.4. The minimum absolute atomic E-state index is 0.0817. The van der Waals surface area contributed by atoms with E-state index < -0.39 is 0 Å². The van der Waals surface area contributed by atoms with Crippen molar-refractivity contribution in [1.82, 2.24) is 19.7 Å². The molecule has 6 rings (SSSR count). The van der Waals surface area contributed by atoms with Crippen molar-refractivity contribution < 1.29 is 14.3 Å². The summed E-state index contributed by atoms with van der Waals surface area (Å²) in [5, 5.41) is 11.8. The highest BCUT2D eigenvalue weighted by molar-refractivity contribution is 7.99. The number of aromatic nitrogens is 3. The maximum Gasteiger partial charge on any atom is 0.233 e. The van der Waals surface area contributed by atoms with E-state index in [4.69, 9.17) is 9.47 Å². The lowest BCUT2D eigenvalue weighted by Crippen LogP contribution is -2.32. The molecule has 4 heterocycles. The number of rotatable bonds is 6. The molecule has 1 aromatic carbocycles. The molecule has 3 aromatic rings. The van der Waals surface area contributed by atoms with Gasteiger partial charge in [0.2, 0.25) is 5.91 Å². The van der Waals surface area contributed by atoms with Crippen LogP contribution in [0.1, 0.15) is 49.8 Å². The summed E-state index contributed by atoms with van der Waals surface area (Å²) in [6.45, 7) is 2.13.